The molecule has 3 aromatic rings. The van der Waals surface area contributed by atoms with Gasteiger partial charge in [-0.15, -0.1) is 10.2 Å². The lowest BCUT2D eigenvalue weighted by atomic mass is 10.3. The molecule has 1 atom stereocenters. The number of nitrogen functional groups attached to an aromatic ring is 1. The SMILES string of the molecule is C[C@H](NC(=O)CSc1nnc(N)s1)c1nc(-c2cccnc2)no1. The molecule has 3 heterocycles. The summed E-state index contributed by atoms with van der Waals surface area (Å²) in [5.41, 5.74) is 6.24. The number of rotatable bonds is 6. The monoisotopic (exact) mass is 363 g/mol. The van der Waals surface area contributed by atoms with Crippen LogP contribution in [0.2, 0.25) is 0 Å². The van der Waals surface area contributed by atoms with E-state index in [1.54, 1.807) is 25.4 Å². The topological polar surface area (TPSA) is 133 Å². The van der Waals surface area contributed by atoms with Crippen molar-refractivity contribution < 1.29 is 9.32 Å². The van der Waals surface area contributed by atoms with Crippen LogP contribution in [0.4, 0.5) is 5.13 Å². The maximum absolute atomic E-state index is 12.0. The molecule has 0 aliphatic carbocycles. The van der Waals surface area contributed by atoms with E-state index in [1.807, 2.05) is 6.07 Å². The molecule has 0 saturated heterocycles. The quantitative estimate of drug-likeness (QED) is 0.625. The van der Waals surface area contributed by atoms with Crippen molar-refractivity contribution in [1.29, 1.82) is 0 Å². The number of thioether (sulfide) groups is 1. The summed E-state index contributed by atoms with van der Waals surface area (Å²) in [6.07, 6.45) is 3.30. The van der Waals surface area contributed by atoms with Crippen LogP contribution in [-0.2, 0) is 4.79 Å². The first kappa shape index (κ1) is 16.3. The largest absolute Gasteiger partial charge is 0.374 e. The molecule has 0 saturated carbocycles. The Hall–Kier alpha value is -2.53. The third kappa shape index (κ3) is 4.06. The van der Waals surface area contributed by atoms with Gasteiger partial charge in [-0.25, -0.2) is 0 Å². The van der Waals surface area contributed by atoms with Crippen LogP contribution in [0.25, 0.3) is 11.4 Å². The molecular weight excluding hydrogens is 350 g/mol. The molecule has 9 nitrogen and oxygen atoms in total. The smallest absolute Gasteiger partial charge is 0.249 e. The van der Waals surface area contributed by atoms with Crippen molar-refractivity contribution in [1.82, 2.24) is 30.6 Å². The van der Waals surface area contributed by atoms with Crippen LogP contribution >= 0.6 is 23.1 Å². The standard InChI is InChI=1S/C13H13N7O2S2/c1-7(16-9(21)6-23-13-19-18-12(14)24-13)11-17-10(20-22-11)8-3-2-4-15-5-8/h2-5,7H,6H2,1H3,(H2,14,18)(H,16,21)/t7-/m0/s1. The first-order valence-corrected chi connectivity index (χ1v) is 8.67. The fraction of sp³-hybridized carbons (Fsp3) is 0.231. The van der Waals surface area contributed by atoms with Gasteiger partial charge in [0.25, 0.3) is 0 Å². The number of aromatic nitrogens is 5. The second-order valence-corrected chi connectivity index (χ2v) is 6.91. The summed E-state index contributed by atoms with van der Waals surface area (Å²) in [5.74, 6) is 0.774. The fourth-order valence-electron chi connectivity index (χ4n) is 1.77. The van der Waals surface area contributed by atoms with Gasteiger partial charge in [-0.2, -0.15) is 4.98 Å². The molecule has 0 aliphatic heterocycles. The Labute approximate surface area is 145 Å². The lowest BCUT2D eigenvalue weighted by molar-refractivity contribution is -0.119. The van der Waals surface area contributed by atoms with Gasteiger partial charge in [0, 0.05) is 18.0 Å². The summed E-state index contributed by atoms with van der Waals surface area (Å²) >= 11 is 2.50. The minimum atomic E-state index is -0.407. The average molecular weight is 363 g/mol. The molecule has 24 heavy (non-hydrogen) atoms. The highest BCUT2D eigenvalue weighted by Gasteiger charge is 2.18. The number of carbonyl (C=O) groups excluding carboxylic acids is 1. The molecular formula is C13H13N7O2S2. The predicted molar refractivity (Wildman–Crippen MR) is 89.1 cm³/mol. The van der Waals surface area contributed by atoms with Gasteiger partial charge in [-0.05, 0) is 19.1 Å². The van der Waals surface area contributed by atoms with E-state index in [4.69, 9.17) is 10.3 Å². The van der Waals surface area contributed by atoms with E-state index in [-0.39, 0.29) is 11.7 Å². The molecule has 3 aromatic heterocycles. The number of pyridine rings is 1. The highest BCUT2D eigenvalue weighted by molar-refractivity contribution is 8.01. The molecule has 0 unspecified atom stereocenters. The Morgan fingerprint density at radius 1 is 1.50 bits per heavy atom. The van der Waals surface area contributed by atoms with Crippen LogP contribution in [-0.4, -0.2) is 37.0 Å². The third-order valence-corrected chi connectivity index (χ3v) is 4.74. The first-order chi connectivity index (χ1) is 11.6. The molecule has 124 valence electrons. The van der Waals surface area contributed by atoms with E-state index in [1.165, 1.54) is 23.1 Å². The van der Waals surface area contributed by atoms with Crippen LogP contribution in [0.15, 0.2) is 33.4 Å². The number of hydrogen-bond acceptors (Lipinski definition) is 10. The van der Waals surface area contributed by atoms with Crippen molar-refractivity contribution in [2.24, 2.45) is 0 Å². The summed E-state index contributed by atoms with van der Waals surface area (Å²) in [6.45, 7) is 1.77. The third-order valence-electron chi connectivity index (χ3n) is 2.86. The highest BCUT2D eigenvalue weighted by atomic mass is 32.2. The van der Waals surface area contributed by atoms with E-state index in [9.17, 15) is 4.79 Å². The molecule has 1 amide bonds. The van der Waals surface area contributed by atoms with E-state index < -0.39 is 6.04 Å². The summed E-state index contributed by atoms with van der Waals surface area (Å²) in [4.78, 5) is 20.3. The molecule has 0 aliphatic rings. The number of hydrogen-bond donors (Lipinski definition) is 2. The molecule has 3 rings (SSSR count). The number of amides is 1. The minimum absolute atomic E-state index is 0.178. The summed E-state index contributed by atoms with van der Waals surface area (Å²) in [7, 11) is 0. The van der Waals surface area contributed by atoms with Crippen LogP contribution in [0.3, 0.4) is 0 Å². The lowest BCUT2D eigenvalue weighted by Gasteiger charge is -2.08. The number of nitrogens with two attached hydrogens (primary N) is 1. The van der Waals surface area contributed by atoms with Crippen molar-refractivity contribution in [2.75, 3.05) is 11.5 Å². The molecule has 0 spiro atoms. The van der Waals surface area contributed by atoms with Crippen molar-refractivity contribution in [3.8, 4) is 11.4 Å². The highest BCUT2D eigenvalue weighted by Crippen LogP contribution is 2.23. The van der Waals surface area contributed by atoms with Crippen molar-refractivity contribution in [3.63, 3.8) is 0 Å². The van der Waals surface area contributed by atoms with Gasteiger partial charge in [-0.1, -0.05) is 28.3 Å². The van der Waals surface area contributed by atoms with Gasteiger partial charge in [-0.3, -0.25) is 9.78 Å². The van der Waals surface area contributed by atoms with Gasteiger partial charge in [0.2, 0.25) is 22.8 Å². The predicted octanol–water partition coefficient (Wildman–Crippen LogP) is 1.53. The van der Waals surface area contributed by atoms with Crippen LogP contribution < -0.4 is 11.1 Å². The normalized spacial score (nSPS) is 12.0. The number of carbonyl (C=O) groups is 1. The van der Waals surface area contributed by atoms with Gasteiger partial charge < -0.3 is 15.6 Å². The fourth-order valence-corrected chi connectivity index (χ4v) is 3.22. The van der Waals surface area contributed by atoms with E-state index in [0.717, 1.165) is 5.56 Å². The zero-order valence-electron chi connectivity index (χ0n) is 12.5. The zero-order chi connectivity index (χ0) is 16.9. The Morgan fingerprint density at radius 3 is 3.08 bits per heavy atom. The van der Waals surface area contributed by atoms with Crippen molar-refractivity contribution >= 4 is 34.1 Å². The van der Waals surface area contributed by atoms with Crippen LogP contribution in [0, 0.1) is 0 Å². The summed E-state index contributed by atoms with van der Waals surface area (Å²) in [6, 6.07) is 3.21. The van der Waals surface area contributed by atoms with Crippen LogP contribution in [0.5, 0.6) is 0 Å². The van der Waals surface area contributed by atoms with Gasteiger partial charge in [0.05, 0.1) is 5.75 Å². The van der Waals surface area contributed by atoms with Crippen molar-refractivity contribution in [3.05, 3.63) is 30.4 Å². The van der Waals surface area contributed by atoms with E-state index in [2.05, 4.69) is 30.6 Å². The minimum Gasteiger partial charge on any atom is -0.374 e. The number of nitrogens with one attached hydrogen (secondary N) is 1. The molecule has 0 aromatic carbocycles. The summed E-state index contributed by atoms with van der Waals surface area (Å²) < 4.78 is 5.85. The summed E-state index contributed by atoms with van der Waals surface area (Å²) in [5, 5.41) is 14.6. The zero-order valence-corrected chi connectivity index (χ0v) is 14.2. The first-order valence-electron chi connectivity index (χ1n) is 6.87. The molecule has 11 heteroatoms. The second kappa shape index (κ2) is 7.36. The molecule has 0 bridgehead atoms. The molecule has 0 radical (unpaired) electrons. The Morgan fingerprint density at radius 2 is 2.38 bits per heavy atom. The molecule has 0 fully saturated rings. The number of anilines is 1. The lowest BCUT2D eigenvalue weighted by Crippen LogP contribution is -2.28. The van der Waals surface area contributed by atoms with E-state index >= 15 is 0 Å². The Bertz CT molecular complexity index is 821. The van der Waals surface area contributed by atoms with Gasteiger partial charge in [0.1, 0.15) is 6.04 Å². The molecule has 3 N–H and O–H groups in total. The Kier molecular flexibility index (Phi) is 5.01. The van der Waals surface area contributed by atoms with Gasteiger partial charge in [0.15, 0.2) is 4.34 Å². The average Bonchev–Trinajstić information content (AvgIpc) is 3.23. The maximum Gasteiger partial charge on any atom is 0.249 e. The number of nitrogens with zero attached hydrogens (tertiary/aromatic N) is 5. The van der Waals surface area contributed by atoms with Crippen LogP contribution in [0.1, 0.15) is 18.9 Å². The Balaban J connectivity index is 1.55. The maximum atomic E-state index is 12.0. The van der Waals surface area contributed by atoms with Gasteiger partial charge >= 0.3 is 0 Å². The second-order valence-electron chi connectivity index (χ2n) is 4.68. The van der Waals surface area contributed by atoms with Crippen molar-refractivity contribution in [2.45, 2.75) is 17.3 Å². The van der Waals surface area contributed by atoms with E-state index in [0.29, 0.717) is 21.2 Å².